The van der Waals surface area contributed by atoms with Crippen LogP contribution in [0.25, 0.3) is 0 Å². The van der Waals surface area contributed by atoms with Crippen LogP contribution < -0.4 is 11.1 Å². The lowest BCUT2D eigenvalue weighted by Gasteiger charge is -2.55. The van der Waals surface area contributed by atoms with Crippen LogP contribution in [0.1, 0.15) is 11.5 Å². The summed E-state index contributed by atoms with van der Waals surface area (Å²) in [6.07, 6.45) is -1.30. The van der Waals surface area contributed by atoms with Crippen molar-refractivity contribution < 1.29 is 44.0 Å². The molecule has 3 amide bonds. The first kappa shape index (κ1) is 21.2. The number of primary amides is 1. The molecule has 2 aliphatic heterocycles. The van der Waals surface area contributed by atoms with Crippen LogP contribution in [0.3, 0.4) is 0 Å². The van der Waals surface area contributed by atoms with Crippen molar-refractivity contribution in [3.63, 3.8) is 0 Å². The number of β-lactam (4-membered cyclic amide) rings is 1. The van der Waals surface area contributed by atoms with E-state index in [1.54, 1.807) is 0 Å². The van der Waals surface area contributed by atoms with Gasteiger partial charge in [-0.2, -0.15) is 0 Å². The molecule has 1 saturated heterocycles. The quantitative estimate of drug-likeness (QED) is 0.187. The number of hydrogen-bond acceptors (Lipinski definition) is 8. The summed E-state index contributed by atoms with van der Waals surface area (Å²) in [5.41, 5.74) is 3.07. The number of aliphatic hydroxyl groups excluding tert-OH is 1. The fraction of sp³-hybridized carbons (Fsp3) is 0.333. The lowest BCUT2D eigenvalue weighted by molar-refractivity contribution is -0.258. The third-order valence-electron chi connectivity index (χ3n) is 4.90. The van der Waals surface area contributed by atoms with E-state index < -0.39 is 48.2 Å². The summed E-state index contributed by atoms with van der Waals surface area (Å²) in [5, 5.41) is 30.5. The number of amides is 3. The molecule has 2 heterocycles. The largest absolute Gasteiger partial charge is 0.508 e. The Bertz CT molecular complexity index is 943. The van der Waals surface area contributed by atoms with Gasteiger partial charge in [0.05, 0.1) is 13.2 Å². The number of nitrogens with one attached hydrogen (secondary N) is 1. The second kappa shape index (κ2) is 7.74. The number of fused-ring (bicyclic) bond motifs is 1. The average molecular weight is 421 g/mol. The van der Waals surface area contributed by atoms with Gasteiger partial charge < -0.3 is 35.8 Å². The molecule has 3 atom stereocenters. The van der Waals surface area contributed by atoms with Crippen LogP contribution in [0.4, 0.5) is 0 Å². The molecule has 6 N–H and O–H groups in total. The minimum absolute atomic E-state index is 0.0533. The van der Waals surface area contributed by atoms with Gasteiger partial charge in [0, 0.05) is 12.7 Å². The predicted molar refractivity (Wildman–Crippen MR) is 96.3 cm³/mol. The highest BCUT2D eigenvalue weighted by molar-refractivity contribution is 6.08. The van der Waals surface area contributed by atoms with Gasteiger partial charge in [-0.3, -0.25) is 24.1 Å². The van der Waals surface area contributed by atoms with Crippen molar-refractivity contribution in [3.05, 3.63) is 41.1 Å². The molecule has 0 unspecified atom stereocenters. The molecule has 0 radical (unpaired) electrons. The first-order chi connectivity index (χ1) is 14.2. The number of nitrogens with zero attached hydrogens (tertiary/aromatic N) is 1. The number of carboxylic acids is 1. The number of nitrogens with two attached hydrogens (primary N) is 1. The van der Waals surface area contributed by atoms with Crippen molar-refractivity contribution in [2.75, 3.05) is 20.3 Å². The number of aromatic hydroxyl groups is 1. The van der Waals surface area contributed by atoms with Crippen molar-refractivity contribution in [1.29, 1.82) is 0 Å². The highest BCUT2D eigenvalue weighted by Crippen LogP contribution is 2.40. The Balaban J connectivity index is 1.91. The number of carboxylic acid groups (broad SMARTS) is 1. The van der Waals surface area contributed by atoms with Crippen molar-refractivity contribution in [2.24, 2.45) is 5.73 Å². The standard InChI is InChI=1S/C18H19N3O9/c1-29-18(16(28)21-12(13(19)24)9(6-22)7-30-17(18)21)20-14(25)11(15(26)27)8-2-4-10(23)5-3-8/h2-5,11,17,22-23H,6-7H2,1H3,(H2,19,24)(H,20,25)(H,26,27)/t11-,17-,18+/m1/s1. The van der Waals surface area contributed by atoms with Gasteiger partial charge in [-0.25, -0.2) is 0 Å². The number of carbonyl (C=O) groups excluding carboxylic acids is 3. The third-order valence-corrected chi connectivity index (χ3v) is 4.90. The molecule has 1 fully saturated rings. The number of benzene rings is 1. The molecule has 12 nitrogen and oxygen atoms in total. The molecule has 0 aliphatic carbocycles. The van der Waals surface area contributed by atoms with E-state index in [9.17, 15) is 34.5 Å². The number of aliphatic hydroxyl groups is 1. The lowest BCUT2D eigenvalue weighted by atomic mass is 9.92. The second-order valence-corrected chi connectivity index (χ2v) is 6.60. The first-order valence-corrected chi connectivity index (χ1v) is 8.64. The average Bonchev–Trinajstić information content (AvgIpc) is 2.71. The molecule has 0 bridgehead atoms. The Morgan fingerprint density at radius 3 is 2.50 bits per heavy atom. The molecule has 30 heavy (non-hydrogen) atoms. The van der Waals surface area contributed by atoms with Crippen molar-refractivity contribution in [2.45, 2.75) is 17.9 Å². The molecule has 12 heteroatoms. The van der Waals surface area contributed by atoms with Gasteiger partial charge in [-0.1, -0.05) is 12.1 Å². The van der Waals surface area contributed by atoms with Crippen LogP contribution in [-0.2, 0) is 28.7 Å². The normalized spacial score (nSPS) is 24.0. The molecule has 0 aromatic heterocycles. The smallest absolute Gasteiger partial charge is 0.320 e. The maximum atomic E-state index is 12.8. The van der Waals surface area contributed by atoms with E-state index in [1.165, 1.54) is 24.3 Å². The third kappa shape index (κ3) is 3.16. The summed E-state index contributed by atoms with van der Waals surface area (Å²) in [6.45, 7) is -0.840. The van der Waals surface area contributed by atoms with E-state index in [1.807, 2.05) is 0 Å². The molecular weight excluding hydrogens is 402 g/mol. The van der Waals surface area contributed by atoms with Crippen LogP contribution in [0.2, 0.25) is 0 Å². The summed E-state index contributed by atoms with van der Waals surface area (Å²) >= 11 is 0. The zero-order chi connectivity index (χ0) is 22.2. The van der Waals surface area contributed by atoms with E-state index in [2.05, 4.69) is 5.32 Å². The monoisotopic (exact) mass is 421 g/mol. The van der Waals surface area contributed by atoms with Gasteiger partial charge in [0.2, 0.25) is 5.91 Å². The van der Waals surface area contributed by atoms with Crippen LogP contribution in [0, 0.1) is 0 Å². The molecule has 3 rings (SSSR count). The summed E-state index contributed by atoms with van der Waals surface area (Å²) in [5.74, 6) is -6.33. The number of methoxy groups -OCH3 is 1. The zero-order valence-corrected chi connectivity index (χ0v) is 15.7. The molecular formula is C18H19N3O9. The van der Waals surface area contributed by atoms with Crippen LogP contribution in [0.15, 0.2) is 35.5 Å². The first-order valence-electron chi connectivity index (χ1n) is 8.64. The van der Waals surface area contributed by atoms with Crippen LogP contribution in [-0.4, -0.2) is 76.2 Å². The zero-order valence-electron chi connectivity index (χ0n) is 15.7. The SMILES string of the molecule is CO[C@@]1(NC(=O)[C@H](C(=O)O)c2ccc(O)cc2)C(=O)N2C(C(N)=O)=C(CO)CO[C@@H]21. The Morgan fingerprint density at radius 1 is 1.37 bits per heavy atom. The van der Waals surface area contributed by atoms with Crippen molar-refractivity contribution in [3.8, 4) is 5.75 Å². The highest BCUT2D eigenvalue weighted by atomic mass is 16.6. The minimum atomic E-state index is -2.09. The number of hydrogen-bond donors (Lipinski definition) is 5. The molecule has 1 aromatic carbocycles. The van der Waals surface area contributed by atoms with E-state index >= 15 is 0 Å². The second-order valence-electron chi connectivity index (χ2n) is 6.60. The van der Waals surface area contributed by atoms with E-state index in [0.29, 0.717) is 0 Å². The maximum absolute atomic E-state index is 12.8. The Kier molecular flexibility index (Phi) is 5.48. The Hall–Kier alpha value is -3.48. The number of phenols is 1. The van der Waals surface area contributed by atoms with E-state index in [4.69, 9.17) is 15.2 Å². The number of aliphatic carboxylic acids is 1. The number of carbonyl (C=O) groups is 4. The highest BCUT2D eigenvalue weighted by Gasteiger charge is 2.67. The summed E-state index contributed by atoms with van der Waals surface area (Å²) in [7, 11) is 1.10. The van der Waals surface area contributed by atoms with Gasteiger partial charge in [0.15, 0.2) is 12.1 Å². The molecule has 160 valence electrons. The van der Waals surface area contributed by atoms with Gasteiger partial charge >= 0.3 is 5.97 Å². The predicted octanol–water partition coefficient (Wildman–Crippen LogP) is -2.05. The van der Waals surface area contributed by atoms with E-state index in [-0.39, 0.29) is 29.2 Å². The molecule has 1 aromatic rings. The maximum Gasteiger partial charge on any atom is 0.320 e. The van der Waals surface area contributed by atoms with Gasteiger partial charge in [-0.05, 0) is 17.7 Å². The summed E-state index contributed by atoms with van der Waals surface area (Å²) < 4.78 is 10.6. The summed E-state index contributed by atoms with van der Waals surface area (Å²) in [6, 6.07) is 4.93. The fourth-order valence-corrected chi connectivity index (χ4v) is 3.43. The number of phenolic OH excluding ortho intramolecular Hbond substituents is 1. The Morgan fingerprint density at radius 2 is 2.00 bits per heavy atom. The van der Waals surface area contributed by atoms with Crippen LogP contribution in [0.5, 0.6) is 5.75 Å². The number of rotatable bonds is 7. The lowest BCUT2D eigenvalue weighted by Crippen LogP contribution is -2.83. The van der Waals surface area contributed by atoms with Crippen LogP contribution >= 0.6 is 0 Å². The molecule has 0 spiro atoms. The minimum Gasteiger partial charge on any atom is -0.508 e. The van der Waals surface area contributed by atoms with Crippen molar-refractivity contribution in [1.82, 2.24) is 10.2 Å². The van der Waals surface area contributed by atoms with Gasteiger partial charge in [-0.15, -0.1) is 0 Å². The number of ether oxygens (including phenoxy) is 2. The fourth-order valence-electron chi connectivity index (χ4n) is 3.43. The summed E-state index contributed by atoms with van der Waals surface area (Å²) in [4.78, 5) is 49.9. The molecule has 2 aliphatic rings. The topological polar surface area (TPSA) is 189 Å². The van der Waals surface area contributed by atoms with Gasteiger partial charge in [0.25, 0.3) is 17.5 Å². The van der Waals surface area contributed by atoms with Gasteiger partial charge in [0.1, 0.15) is 11.4 Å². The Labute approximate surface area is 169 Å². The van der Waals surface area contributed by atoms with E-state index in [0.717, 1.165) is 12.0 Å². The van der Waals surface area contributed by atoms with Crippen molar-refractivity contribution >= 4 is 23.7 Å². The molecule has 0 saturated carbocycles.